The summed E-state index contributed by atoms with van der Waals surface area (Å²) in [5.41, 5.74) is 3.73. The first-order valence-corrected chi connectivity index (χ1v) is 14.4. The maximum absolute atomic E-state index is 12.3. The average molecular weight is 483 g/mol. The Bertz CT molecular complexity index is 1170. The van der Waals surface area contributed by atoms with Crippen molar-refractivity contribution in [3.8, 4) is 0 Å². The van der Waals surface area contributed by atoms with Crippen LogP contribution < -0.4 is 10.6 Å². The van der Waals surface area contributed by atoms with E-state index in [1.54, 1.807) is 12.4 Å². The highest BCUT2D eigenvalue weighted by atomic mass is 32.2. The molecular weight excluding hydrogens is 452 g/mol. The largest absolute Gasteiger partial charge is 0.307 e. The van der Waals surface area contributed by atoms with Gasteiger partial charge in [-0.3, -0.25) is 0 Å². The molecule has 0 bridgehead atoms. The van der Waals surface area contributed by atoms with Gasteiger partial charge in [-0.25, -0.2) is 16.8 Å². The van der Waals surface area contributed by atoms with E-state index in [0.29, 0.717) is 13.1 Å². The van der Waals surface area contributed by atoms with Crippen LogP contribution in [-0.4, -0.2) is 45.7 Å². The van der Waals surface area contributed by atoms with E-state index in [9.17, 15) is 16.8 Å². The summed E-state index contributed by atoms with van der Waals surface area (Å²) in [5.74, 6) is 0. The molecule has 0 spiro atoms. The number of aromatic nitrogens is 4. The molecule has 2 aromatic heterocycles. The van der Waals surface area contributed by atoms with Gasteiger partial charge in [0.1, 0.15) is 0 Å². The van der Waals surface area contributed by atoms with E-state index in [1.165, 1.54) is 8.17 Å². The topological polar surface area (TPSA) is 128 Å². The maximum Gasteiger partial charge on any atom is 0.256 e. The zero-order valence-electron chi connectivity index (χ0n) is 18.0. The quantitative estimate of drug-likeness (QED) is 0.666. The molecule has 4 aliphatic rings. The summed E-state index contributed by atoms with van der Waals surface area (Å²) in [4.78, 5) is 0. The lowest BCUT2D eigenvalue weighted by molar-refractivity contribution is 0.558. The zero-order chi connectivity index (χ0) is 22.3. The summed E-state index contributed by atoms with van der Waals surface area (Å²) in [5, 5.41) is 14.1. The Morgan fingerprint density at radius 3 is 2.03 bits per heavy atom. The van der Waals surface area contributed by atoms with Crippen molar-refractivity contribution in [1.82, 2.24) is 29.0 Å². The van der Waals surface area contributed by atoms with Crippen molar-refractivity contribution in [2.75, 3.05) is 0 Å². The van der Waals surface area contributed by atoms with Crippen molar-refractivity contribution in [2.45, 2.75) is 88.0 Å². The normalized spacial score (nSPS) is 21.5. The van der Waals surface area contributed by atoms with Gasteiger partial charge in [0.15, 0.2) is 0 Å². The van der Waals surface area contributed by atoms with Crippen LogP contribution in [0.15, 0.2) is 12.4 Å². The first-order chi connectivity index (χ1) is 15.4. The maximum atomic E-state index is 12.3. The summed E-state index contributed by atoms with van der Waals surface area (Å²) in [6.07, 6.45) is 10.5. The Hall–Kier alpha value is -1.76. The molecule has 4 heterocycles. The van der Waals surface area contributed by atoms with E-state index in [2.05, 4.69) is 20.8 Å². The second kappa shape index (κ2) is 8.54. The molecule has 0 saturated heterocycles. The number of hydrogen-bond donors (Lipinski definition) is 2. The minimum absolute atomic E-state index is 0.222. The molecule has 0 aromatic carbocycles. The summed E-state index contributed by atoms with van der Waals surface area (Å²) in [6.45, 7) is 2.76. The molecule has 0 amide bonds. The predicted octanol–water partition coefficient (Wildman–Crippen LogP) is 1.21. The third-order valence-corrected chi connectivity index (χ3v) is 11.1. The average Bonchev–Trinajstić information content (AvgIpc) is 3.56. The van der Waals surface area contributed by atoms with Crippen LogP contribution in [0, 0.1) is 0 Å². The first kappa shape index (κ1) is 22.1. The molecule has 2 aliphatic carbocycles. The Labute approximate surface area is 188 Å². The fraction of sp³-hybridized carbons (Fsp3) is 0.700. The third-order valence-electron chi connectivity index (χ3n) is 6.94. The van der Waals surface area contributed by atoms with E-state index in [1.807, 2.05) is 0 Å². The van der Waals surface area contributed by atoms with Crippen molar-refractivity contribution in [3.05, 3.63) is 34.9 Å². The number of hydrogen-bond acceptors (Lipinski definition) is 8. The molecule has 176 valence electrons. The highest BCUT2D eigenvalue weighted by molar-refractivity contribution is 7.90. The third kappa shape index (κ3) is 3.91. The molecule has 0 unspecified atom stereocenters. The molecule has 2 fully saturated rings. The van der Waals surface area contributed by atoms with Crippen molar-refractivity contribution >= 4 is 20.0 Å². The minimum atomic E-state index is -3.26. The monoisotopic (exact) mass is 482 g/mol. The van der Waals surface area contributed by atoms with Gasteiger partial charge in [0.2, 0.25) is 0 Å². The van der Waals surface area contributed by atoms with Crippen molar-refractivity contribution in [2.24, 2.45) is 0 Å². The van der Waals surface area contributed by atoms with E-state index in [4.69, 9.17) is 0 Å². The molecule has 10 nitrogen and oxygen atoms in total. The van der Waals surface area contributed by atoms with Gasteiger partial charge in [-0.1, -0.05) is 25.7 Å². The summed E-state index contributed by atoms with van der Waals surface area (Å²) < 4.78 is 51.6. The lowest BCUT2D eigenvalue weighted by Gasteiger charge is -2.12. The van der Waals surface area contributed by atoms with E-state index < -0.39 is 20.0 Å². The smallest absolute Gasteiger partial charge is 0.256 e. The Morgan fingerprint density at radius 2 is 1.38 bits per heavy atom. The fourth-order valence-corrected chi connectivity index (χ4v) is 8.68. The first-order valence-electron chi connectivity index (χ1n) is 11.4. The van der Waals surface area contributed by atoms with Gasteiger partial charge in [0, 0.05) is 43.5 Å². The van der Waals surface area contributed by atoms with Gasteiger partial charge in [-0.2, -0.15) is 18.4 Å². The van der Waals surface area contributed by atoms with E-state index >= 15 is 0 Å². The summed E-state index contributed by atoms with van der Waals surface area (Å²) in [7, 11) is -6.49. The summed E-state index contributed by atoms with van der Waals surface area (Å²) in [6, 6.07) is 0. The SMILES string of the molecule is O=S(=O)(C1CCCC1)n1cc2c(n1)CNC2.O=S(=O)(C1CCCC1)n1ncc2c1CNC2. The Morgan fingerprint density at radius 1 is 0.781 bits per heavy atom. The van der Waals surface area contributed by atoms with Crippen LogP contribution in [0.25, 0.3) is 0 Å². The van der Waals surface area contributed by atoms with E-state index in [-0.39, 0.29) is 10.5 Å². The predicted molar refractivity (Wildman–Crippen MR) is 119 cm³/mol. The van der Waals surface area contributed by atoms with Crippen LogP contribution >= 0.6 is 0 Å². The van der Waals surface area contributed by atoms with Gasteiger partial charge in [0.25, 0.3) is 20.0 Å². The molecule has 0 radical (unpaired) electrons. The standard InChI is InChI=1S/2C10H15N3O2S/c14-16(15,9-3-1-2-4-9)13-7-8-5-11-6-10(8)12-13;14-16(15,9-3-1-2-4-9)13-10-7-11-5-8(10)6-12-13/h7,9,11H,1-6H2;6,9,11H,1-5,7H2. The van der Waals surface area contributed by atoms with Gasteiger partial charge < -0.3 is 10.6 Å². The molecule has 2 N–H and O–H groups in total. The van der Waals surface area contributed by atoms with E-state index in [0.717, 1.165) is 87.0 Å². The molecule has 0 atom stereocenters. The van der Waals surface area contributed by atoms with Crippen LogP contribution in [0.5, 0.6) is 0 Å². The van der Waals surface area contributed by atoms with Crippen LogP contribution in [0.2, 0.25) is 0 Å². The molecular formula is C20H30N6O4S2. The zero-order valence-corrected chi connectivity index (χ0v) is 19.7. The van der Waals surface area contributed by atoms with Crippen molar-refractivity contribution < 1.29 is 16.8 Å². The Balaban J connectivity index is 0.000000135. The molecule has 2 saturated carbocycles. The van der Waals surface area contributed by atoms with Gasteiger partial charge in [-0.15, -0.1) is 0 Å². The van der Waals surface area contributed by atoms with Gasteiger partial charge in [0.05, 0.1) is 28.1 Å². The molecule has 2 aromatic rings. The fourth-order valence-electron chi connectivity index (χ4n) is 5.08. The number of nitrogens with one attached hydrogen (secondary N) is 2. The lowest BCUT2D eigenvalue weighted by atomic mass is 10.3. The Kier molecular flexibility index (Phi) is 5.89. The second-order valence-electron chi connectivity index (χ2n) is 9.04. The van der Waals surface area contributed by atoms with Crippen molar-refractivity contribution in [3.63, 3.8) is 0 Å². The molecule has 6 rings (SSSR count). The van der Waals surface area contributed by atoms with Crippen LogP contribution in [0.4, 0.5) is 0 Å². The van der Waals surface area contributed by atoms with Gasteiger partial charge >= 0.3 is 0 Å². The highest BCUT2D eigenvalue weighted by Crippen LogP contribution is 2.28. The number of nitrogens with zero attached hydrogens (tertiary/aromatic N) is 4. The van der Waals surface area contributed by atoms with Crippen LogP contribution in [-0.2, 0) is 46.2 Å². The number of rotatable bonds is 4. The molecule has 2 aliphatic heterocycles. The molecule has 12 heteroatoms. The van der Waals surface area contributed by atoms with Crippen LogP contribution in [0.3, 0.4) is 0 Å². The number of fused-ring (bicyclic) bond motifs is 2. The lowest BCUT2D eigenvalue weighted by Crippen LogP contribution is -2.28. The minimum Gasteiger partial charge on any atom is -0.307 e. The highest BCUT2D eigenvalue weighted by Gasteiger charge is 2.34. The summed E-state index contributed by atoms with van der Waals surface area (Å²) >= 11 is 0. The second-order valence-corrected chi connectivity index (χ2v) is 13.2. The van der Waals surface area contributed by atoms with Crippen LogP contribution in [0.1, 0.15) is 73.9 Å². The van der Waals surface area contributed by atoms with Crippen molar-refractivity contribution in [1.29, 1.82) is 0 Å². The molecule has 32 heavy (non-hydrogen) atoms. The van der Waals surface area contributed by atoms with Gasteiger partial charge in [-0.05, 0) is 25.7 Å².